The molecule has 16 heavy (non-hydrogen) atoms. The molecular weight excluding hydrogens is 314 g/mol. The lowest BCUT2D eigenvalue weighted by molar-refractivity contribution is -0.140. The van der Waals surface area contributed by atoms with Crippen LogP contribution in [0.2, 0.25) is 4.34 Å². The van der Waals surface area contributed by atoms with Crippen molar-refractivity contribution >= 4 is 44.8 Å². The molecule has 1 atom stereocenters. The third-order valence-corrected chi connectivity index (χ3v) is 3.86. The molecule has 1 heterocycles. The van der Waals surface area contributed by atoms with E-state index in [0.717, 1.165) is 10.9 Å². The molecule has 0 aliphatic heterocycles. The molecule has 3 nitrogen and oxygen atoms in total. The standard InChI is InChI=1S/C10H13BrClNO2S/c1-13(6-8(11)10(14)15-2)5-7-3-4-9(12)16-7/h3-4,8H,5-6H2,1-2H3. The van der Waals surface area contributed by atoms with Gasteiger partial charge in [-0.2, -0.15) is 0 Å². The fraction of sp³-hybridized carbons (Fsp3) is 0.500. The Morgan fingerprint density at radius 3 is 2.88 bits per heavy atom. The zero-order valence-electron chi connectivity index (χ0n) is 9.07. The summed E-state index contributed by atoms with van der Waals surface area (Å²) in [5.41, 5.74) is 0. The van der Waals surface area contributed by atoms with E-state index in [0.29, 0.717) is 6.54 Å². The predicted molar refractivity (Wildman–Crippen MR) is 70.4 cm³/mol. The fourth-order valence-corrected chi connectivity index (χ4v) is 3.09. The highest BCUT2D eigenvalue weighted by molar-refractivity contribution is 9.10. The van der Waals surface area contributed by atoms with Crippen LogP contribution in [0.3, 0.4) is 0 Å². The van der Waals surface area contributed by atoms with Crippen LogP contribution in [0, 0.1) is 0 Å². The van der Waals surface area contributed by atoms with Crippen LogP contribution in [0.5, 0.6) is 0 Å². The van der Waals surface area contributed by atoms with Crippen LogP contribution in [0.4, 0.5) is 0 Å². The maximum atomic E-state index is 11.2. The second-order valence-electron chi connectivity index (χ2n) is 3.39. The lowest BCUT2D eigenvalue weighted by atomic mass is 10.3. The van der Waals surface area contributed by atoms with Gasteiger partial charge in [0, 0.05) is 18.0 Å². The summed E-state index contributed by atoms with van der Waals surface area (Å²) in [6, 6.07) is 3.87. The Labute approximate surface area is 112 Å². The molecule has 0 radical (unpaired) electrons. The van der Waals surface area contributed by atoms with Gasteiger partial charge in [-0.25, -0.2) is 0 Å². The van der Waals surface area contributed by atoms with Crippen molar-refractivity contribution in [3.05, 3.63) is 21.3 Å². The molecular formula is C10H13BrClNO2S. The predicted octanol–water partition coefficient (Wildman–Crippen LogP) is 2.77. The largest absolute Gasteiger partial charge is 0.468 e. The summed E-state index contributed by atoms with van der Waals surface area (Å²) in [6.07, 6.45) is 0. The molecule has 0 bridgehead atoms. The van der Waals surface area contributed by atoms with E-state index in [-0.39, 0.29) is 10.8 Å². The molecule has 0 saturated carbocycles. The first-order valence-electron chi connectivity index (χ1n) is 4.67. The van der Waals surface area contributed by atoms with Crippen LogP contribution in [-0.4, -0.2) is 36.4 Å². The zero-order valence-corrected chi connectivity index (χ0v) is 12.2. The van der Waals surface area contributed by atoms with E-state index >= 15 is 0 Å². The van der Waals surface area contributed by atoms with Crippen molar-refractivity contribution in [3.63, 3.8) is 0 Å². The van der Waals surface area contributed by atoms with Gasteiger partial charge in [0.25, 0.3) is 0 Å². The van der Waals surface area contributed by atoms with Gasteiger partial charge in [0.05, 0.1) is 11.4 Å². The van der Waals surface area contributed by atoms with Crippen LogP contribution in [-0.2, 0) is 16.1 Å². The first-order valence-corrected chi connectivity index (χ1v) is 6.78. The lowest BCUT2D eigenvalue weighted by Crippen LogP contribution is -2.30. The van der Waals surface area contributed by atoms with Crippen LogP contribution in [0.1, 0.15) is 4.88 Å². The number of halogens is 2. The second kappa shape index (κ2) is 6.59. The highest BCUT2D eigenvalue weighted by Crippen LogP contribution is 2.22. The molecule has 0 aliphatic rings. The smallest absolute Gasteiger partial charge is 0.320 e. The van der Waals surface area contributed by atoms with Crippen molar-refractivity contribution in [2.45, 2.75) is 11.4 Å². The minimum atomic E-state index is -0.294. The van der Waals surface area contributed by atoms with Crippen molar-refractivity contribution in [2.75, 3.05) is 20.7 Å². The molecule has 1 aromatic rings. The van der Waals surface area contributed by atoms with Crippen molar-refractivity contribution in [2.24, 2.45) is 0 Å². The van der Waals surface area contributed by atoms with Gasteiger partial charge in [-0.1, -0.05) is 27.5 Å². The lowest BCUT2D eigenvalue weighted by Gasteiger charge is -2.17. The minimum absolute atomic E-state index is 0.254. The van der Waals surface area contributed by atoms with Gasteiger partial charge in [-0.3, -0.25) is 9.69 Å². The van der Waals surface area contributed by atoms with Crippen molar-refractivity contribution < 1.29 is 9.53 Å². The zero-order chi connectivity index (χ0) is 12.1. The van der Waals surface area contributed by atoms with Gasteiger partial charge < -0.3 is 4.74 Å². The molecule has 1 unspecified atom stereocenters. The molecule has 1 aromatic heterocycles. The number of hydrogen-bond donors (Lipinski definition) is 0. The minimum Gasteiger partial charge on any atom is -0.468 e. The van der Waals surface area contributed by atoms with E-state index in [1.165, 1.54) is 12.0 Å². The fourth-order valence-electron chi connectivity index (χ4n) is 1.24. The SMILES string of the molecule is COC(=O)C(Br)CN(C)Cc1ccc(Cl)s1. The molecule has 6 heteroatoms. The average molecular weight is 327 g/mol. The number of ether oxygens (including phenoxy) is 1. The Morgan fingerprint density at radius 1 is 1.69 bits per heavy atom. The van der Waals surface area contributed by atoms with E-state index in [1.807, 2.05) is 24.1 Å². The van der Waals surface area contributed by atoms with Crippen LogP contribution >= 0.6 is 38.9 Å². The Kier molecular flexibility index (Phi) is 5.75. The highest BCUT2D eigenvalue weighted by atomic mass is 79.9. The first-order chi connectivity index (χ1) is 7.52. The van der Waals surface area contributed by atoms with E-state index in [4.69, 9.17) is 11.6 Å². The summed E-state index contributed by atoms with van der Waals surface area (Å²) in [5.74, 6) is -0.254. The highest BCUT2D eigenvalue weighted by Gasteiger charge is 2.17. The third-order valence-electron chi connectivity index (χ3n) is 1.98. The van der Waals surface area contributed by atoms with Gasteiger partial charge in [0.1, 0.15) is 4.83 Å². The Balaban J connectivity index is 2.41. The van der Waals surface area contributed by atoms with Crippen molar-refractivity contribution in [1.82, 2.24) is 4.90 Å². The number of rotatable bonds is 5. The molecule has 0 spiro atoms. The molecule has 0 fully saturated rings. The summed E-state index contributed by atoms with van der Waals surface area (Å²) >= 11 is 10.7. The number of thiophene rings is 1. The Bertz CT molecular complexity index is 358. The van der Waals surface area contributed by atoms with Crippen LogP contribution in [0.25, 0.3) is 0 Å². The molecule has 0 aliphatic carbocycles. The maximum absolute atomic E-state index is 11.2. The summed E-state index contributed by atoms with van der Waals surface area (Å²) in [7, 11) is 3.33. The molecule has 0 saturated heterocycles. The molecule has 1 rings (SSSR count). The monoisotopic (exact) mass is 325 g/mol. The third kappa shape index (κ3) is 4.41. The van der Waals surface area contributed by atoms with Crippen LogP contribution in [0.15, 0.2) is 12.1 Å². The molecule has 90 valence electrons. The number of esters is 1. The first kappa shape index (κ1) is 14.0. The topological polar surface area (TPSA) is 29.5 Å². The van der Waals surface area contributed by atoms with Gasteiger partial charge in [-0.15, -0.1) is 11.3 Å². The number of methoxy groups -OCH3 is 1. The number of carbonyl (C=O) groups is 1. The van der Waals surface area contributed by atoms with Gasteiger partial charge in [0.2, 0.25) is 0 Å². The van der Waals surface area contributed by atoms with Gasteiger partial charge in [-0.05, 0) is 19.2 Å². The van der Waals surface area contributed by atoms with E-state index in [1.54, 1.807) is 11.3 Å². The summed E-state index contributed by atoms with van der Waals surface area (Å²) < 4.78 is 5.42. The van der Waals surface area contributed by atoms with Crippen molar-refractivity contribution in [3.8, 4) is 0 Å². The van der Waals surface area contributed by atoms with Gasteiger partial charge in [0.15, 0.2) is 0 Å². The number of carbonyl (C=O) groups excluding carboxylic acids is 1. The van der Waals surface area contributed by atoms with Crippen LogP contribution < -0.4 is 0 Å². The van der Waals surface area contributed by atoms with E-state index in [2.05, 4.69) is 20.7 Å². The Morgan fingerprint density at radius 2 is 2.38 bits per heavy atom. The maximum Gasteiger partial charge on any atom is 0.320 e. The van der Waals surface area contributed by atoms with Gasteiger partial charge >= 0.3 is 5.97 Å². The summed E-state index contributed by atoms with van der Waals surface area (Å²) in [6.45, 7) is 1.37. The quantitative estimate of drug-likeness (QED) is 0.615. The number of alkyl halides is 1. The normalized spacial score (nSPS) is 12.8. The summed E-state index contributed by atoms with van der Waals surface area (Å²) in [5, 5.41) is 0. The molecule has 0 aromatic carbocycles. The number of hydrogen-bond acceptors (Lipinski definition) is 4. The number of nitrogens with zero attached hydrogens (tertiary/aromatic N) is 1. The molecule has 0 amide bonds. The second-order valence-corrected chi connectivity index (χ2v) is 6.30. The summed E-state index contributed by atoms with van der Waals surface area (Å²) in [4.78, 5) is 14.1. The average Bonchev–Trinajstić information content (AvgIpc) is 2.62. The van der Waals surface area contributed by atoms with E-state index in [9.17, 15) is 4.79 Å². The Hall–Kier alpha value is -0.100. The molecule has 0 N–H and O–H groups in total. The van der Waals surface area contributed by atoms with Crippen molar-refractivity contribution in [1.29, 1.82) is 0 Å². The van der Waals surface area contributed by atoms with E-state index < -0.39 is 0 Å².